The number of hydrogen-bond acceptors (Lipinski definition) is 3. The fraction of sp³-hybridized carbons (Fsp3) is 0.182. The normalized spacial score (nSPS) is 9.69. The van der Waals surface area contributed by atoms with Crippen molar-refractivity contribution in [2.45, 2.75) is 0 Å². The van der Waals surface area contributed by atoms with Gasteiger partial charge in [-0.2, -0.15) is 0 Å². The summed E-state index contributed by atoms with van der Waals surface area (Å²) in [5.41, 5.74) is 0.269. The summed E-state index contributed by atoms with van der Waals surface area (Å²) in [6.07, 6.45) is 0. The number of carbonyl (C=O) groups is 1. The highest BCUT2D eigenvalue weighted by Gasteiger charge is 2.10. The summed E-state index contributed by atoms with van der Waals surface area (Å²) in [5.74, 6) is 0.163. The summed E-state index contributed by atoms with van der Waals surface area (Å²) < 4.78 is 11.6. The van der Waals surface area contributed by atoms with Gasteiger partial charge >= 0.3 is 5.97 Å². The van der Waals surface area contributed by atoms with Crippen LogP contribution in [0.1, 0.15) is 0 Å². The van der Waals surface area contributed by atoms with Crippen LogP contribution in [0.3, 0.4) is 0 Å². The van der Waals surface area contributed by atoms with Gasteiger partial charge in [-0.05, 0) is 44.0 Å². The maximum atomic E-state index is 11.1. The molecule has 0 aliphatic carbocycles. The molecule has 0 aliphatic rings. The van der Waals surface area contributed by atoms with Gasteiger partial charge in [0.25, 0.3) is 0 Å². The molecule has 0 unspecified atom stereocenters. The van der Waals surface area contributed by atoms with Crippen LogP contribution in [0.25, 0.3) is 0 Å². The lowest BCUT2D eigenvalue weighted by Gasteiger charge is -2.10. The molecule has 3 nitrogen and oxygen atoms in total. The van der Waals surface area contributed by atoms with E-state index in [0.717, 1.165) is 8.95 Å². The molecule has 1 aromatic rings. The van der Waals surface area contributed by atoms with E-state index in [4.69, 9.17) is 4.74 Å². The van der Waals surface area contributed by atoms with E-state index in [-0.39, 0.29) is 12.2 Å². The topological polar surface area (TPSA) is 35.5 Å². The van der Waals surface area contributed by atoms with Crippen LogP contribution >= 0.6 is 31.9 Å². The number of halogens is 2. The highest BCUT2D eigenvalue weighted by Crippen LogP contribution is 2.33. The summed E-state index contributed by atoms with van der Waals surface area (Å²) in [7, 11) is 1.31. The molecule has 0 aliphatic heterocycles. The van der Waals surface area contributed by atoms with Crippen molar-refractivity contribution < 1.29 is 14.3 Å². The van der Waals surface area contributed by atoms with Crippen LogP contribution in [0.2, 0.25) is 0 Å². The zero-order valence-corrected chi connectivity index (χ0v) is 11.8. The minimum atomic E-state index is -0.469. The average molecular weight is 350 g/mol. The molecule has 0 heterocycles. The van der Waals surface area contributed by atoms with Crippen LogP contribution in [0.5, 0.6) is 5.75 Å². The van der Waals surface area contributed by atoms with Gasteiger partial charge in [-0.15, -0.1) is 0 Å². The van der Waals surface area contributed by atoms with Crippen molar-refractivity contribution in [2.24, 2.45) is 0 Å². The molecule has 0 saturated carbocycles. The van der Waals surface area contributed by atoms with Gasteiger partial charge in [0.1, 0.15) is 12.4 Å². The zero-order chi connectivity index (χ0) is 12.1. The molecular formula is C11H10Br2O3. The fourth-order valence-corrected chi connectivity index (χ4v) is 2.21. The number of methoxy groups -OCH3 is 1. The lowest BCUT2D eigenvalue weighted by atomic mass is 10.3. The number of rotatable bonds is 4. The molecule has 86 valence electrons. The van der Waals surface area contributed by atoms with Gasteiger partial charge < -0.3 is 9.47 Å². The van der Waals surface area contributed by atoms with Crippen molar-refractivity contribution in [3.05, 3.63) is 39.3 Å². The smallest absolute Gasteiger partial charge is 0.336 e. The second-order valence-corrected chi connectivity index (χ2v) is 4.64. The first-order valence-electron chi connectivity index (χ1n) is 4.39. The number of para-hydroxylation sites is 1. The first kappa shape index (κ1) is 13.3. The van der Waals surface area contributed by atoms with E-state index >= 15 is 0 Å². The van der Waals surface area contributed by atoms with E-state index in [1.165, 1.54) is 7.11 Å². The predicted octanol–water partition coefficient (Wildman–Crippen LogP) is 3.32. The molecule has 0 radical (unpaired) electrons. The van der Waals surface area contributed by atoms with Gasteiger partial charge in [-0.25, -0.2) is 4.79 Å². The molecule has 0 N–H and O–H groups in total. The third-order valence-electron chi connectivity index (χ3n) is 1.78. The standard InChI is InChI=1S/C11H10Br2O3/c1-7(11(14)15-2)6-16-10-8(12)4-3-5-9(10)13/h3-5H,1,6H2,2H3. The van der Waals surface area contributed by atoms with Crippen molar-refractivity contribution in [3.63, 3.8) is 0 Å². The third-order valence-corrected chi connectivity index (χ3v) is 3.03. The Hall–Kier alpha value is -0.810. The van der Waals surface area contributed by atoms with E-state index < -0.39 is 5.97 Å². The van der Waals surface area contributed by atoms with E-state index in [1.807, 2.05) is 18.2 Å². The molecule has 0 aromatic heterocycles. The molecular weight excluding hydrogens is 340 g/mol. The molecule has 0 saturated heterocycles. The SMILES string of the molecule is C=C(COc1c(Br)cccc1Br)C(=O)OC. The summed E-state index contributed by atoms with van der Waals surface area (Å²) in [4.78, 5) is 11.1. The maximum absolute atomic E-state index is 11.1. The van der Waals surface area contributed by atoms with Crippen LogP contribution in [-0.4, -0.2) is 19.7 Å². The molecule has 0 bridgehead atoms. The second-order valence-electron chi connectivity index (χ2n) is 2.93. The first-order valence-corrected chi connectivity index (χ1v) is 5.97. The van der Waals surface area contributed by atoms with Crippen LogP contribution in [0, 0.1) is 0 Å². The number of esters is 1. The molecule has 0 spiro atoms. The van der Waals surface area contributed by atoms with Crippen molar-refractivity contribution in [3.8, 4) is 5.75 Å². The molecule has 5 heteroatoms. The summed E-state index contributed by atoms with van der Waals surface area (Å²) in [6.45, 7) is 3.66. The van der Waals surface area contributed by atoms with E-state index in [1.54, 1.807) is 0 Å². The minimum absolute atomic E-state index is 0.0912. The Morgan fingerprint density at radius 1 is 1.38 bits per heavy atom. The second kappa shape index (κ2) is 6.06. The van der Waals surface area contributed by atoms with Crippen molar-refractivity contribution in [1.29, 1.82) is 0 Å². The lowest BCUT2D eigenvalue weighted by Crippen LogP contribution is -2.11. The van der Waals surface area contributed by atoms with Gasteiger partial charge in [0.15, 0.2) is 0 Å². The number of benzene rings is 1. The Bertz CT molecular complexity index is 395. The van der Waals surface area contributed by atoms with Gasteiger partial charge in [0.2, 0.25) is 0 Å². The van der Waals surface area contributed by atoms with E-state index in [2.05, 4.69) is 43.2 Å². The van der Waals surface area contributed by atoms with E-state index in [0.29, 0.717) is 5.75 Å². The minimum Gasteiger partial charge on any atom is -0.486 e. The monoisotopic (exact) mass is 348 g/mol. The fourth-order valence-electron chi connectivity index (χ4n) is 0.983. The van der Waals surface area contributed by atoms with Gasteiger partial charge in [0, 0.05) is 0 Å². The molecule has 0 fully saturated rings. The Morgan fingerprint density at radius 2 is 1.94 bits per heavy atom. The molecule has 0 amide bonds. The average Bonchev–Trinajstić information content (AvgIpc) is 2.27. The number of hydrogen-bond donors (Lipinski definition) is 0. The summed E-state index contributed by atoms with van der Waals surface area (Å²) in [5, 5.41) is 0. The van der Waals surface area contributed by atoms with E-state index in [9.17, 15) is 4.79 Å². The van der Waals surface area contributed by atoms with Gasteiger partial charge in [-0.3, -0.25) is 0 Å². The zero-order valence-electron chi connectivity index (χ0n) is 8.63. The van der Waals surface area contributed by atoms with Crippen LogP contribution < -0.4 is 4.74 Å². The Kier molecular flexibility index (Phi) is 5.02. The first-order chi connectivity index (χ1) is 7.56. The van der Waals surface area contributed by atoms with Crippen molar-refractivity contribution in [2.75, 3.05) is 13.7 Å². The van der Waals surface area contributed by atoms with Crippen LogP contribution in [-0.2, 0) is 9.53 Å². The maximum Gasteiger partial charge on any atom is 0.336 e. The highest BCUT2D eigenvalue weighted by molar-refractivity contribution is 9.11. The van der Waals surface area contributed by atoms with Crippen LogP contribution in [0.15, 0.2) is 39.3 Å². The van der Waals surface area contributed by atoms with Gasteiger partial charge in [0.05, 0.1) is 21.6 Å². The van der Waals surface area contributed by atoms with Crippen molar-refractivity contribution in [1.82, 2.24) is 0 Å². The third kappa shape index (κ3) is 3.35. The Labute approximate surface area is 111 Å². The Balaban J connectivity index is 2.68. The molecule has 1 aromatic carbocycles. The number of carbonyl (C=O) groups excluding carboxylic acids is 1. The lowest BCUT2D eigenvalue weighted by molar-refractivity contribution is -0.136. The molecule has 16 heavy (non-hydrogen) atoms. The molecule has 0 atom stereocenters. The molecule has 1 rings (SSSR count). The summed E-state index contributed by atoms with van der Waals surface area (Å²) >= 11 is 6.70. The van der Waals surface area contributed by atoms with Crippen molar-refractivity contribution >= 4 is 37.8 Å². The van der Waals surface area contributed by atoms with Crippen LogP contribution in [0.4, 0.5) is 0 Å². The summed E-state index contributed by atoms with van der Waals surface area (Å²) in [6, 6.07) is 5.57. The predicted molar refractivity (Wildman–Crippen MR) is 68.5 cm³/mol. The quantitative estimate of drug-likeness (QED) is 0.618. The largest absolute Gasteiger partial charge is 0.486 e. The van der Waals surface area contributed by atoms with Gasteiger partial charge in [-0.1, -0.05) is 12.6 Å². The highest BCUT2D eigenvalue weighted by atomic mass is 79.9. The number of ether oxygens (including phenoxy) is 2. The Morgan fingerprint density at radius 3 is 2.44 bits per heavy atom.